The number of likely N-dealkylation sites (N-methyl/N-ethyl adjacent to an activating group) is 1. The van der Waals surface area contributed by atoms with Crippen LogP contribution in [0.4, 0.5) is 13.2 Å². The molecule has 120 valence electrons. The summed E-state index contributed by atoms with van der Waals surface area (Å²) < 4.78 is 38.9. The number of halogens is 3. The van der Waals surface area contributed by atoms with Crippen molar-refractivity contribution in [3.05, 3.63) is 70.6 Å². The molecule has 0 fully saturated rings. The van der Waals surface area contributed by atoms with Crippen LogP contribution in [0.1, 0.15) is 22.3 Å². The van der Waals surface area contributed by atoms with E-state index in [0.717, 1.165) is 33.9 Å². The van der Waals surface area contributed by atoms with Crippen LogP contribution in [0.15, 0.2) is 48.3 Å². The van der Waals surface area contributed by atoms with Gasteiger partial charge in [-0.2, -0.15) is 13.2 Å². The first-order valence-corrected chi connectivity index (χ1v) is 7.34. The van der Waals surface area contributed by atoms with Gasteiger partial charge in [0.1, 0.15) is 0 Å². The van der Waals surface area contributed by atoms with Crippen molar-refractivity contribution in [2.45, 2.75) is 12.6 Å². The van der Waals surface area contributed by atoms with Gasteiger partial charge in [0, 0.05) is 24.5 Å². The van der Waals surface area contributed by atoms with E-state index < -0.39 is 11.7 Å². The molecular weight excluding hydrogens is 301 g/mol. The second kappa shape index (κ2) is 5.81. The predicted octanol–water partition coefficient (Wildman–Crippen LogP) is 4.02. The van der Waals surface area contributed by atoms with Crippen LogP contribution < -0.4 is 0 Å². The van der Waals surface area contributed by atoms with Gasteiger partial charge in [-0.3, -0.25) is 4.98 Å². The molecule has 1 aliphatic carbocycles. The molecule has 1 aliphatic rings. The first-order chi connectivity index (χ1) is 10.9. The van der Waals surface area contributed by atoms with Gasteiger partial charge in [0.05, 0.1) is 5.56 Å². The van der Waals surface area contributed by atoms with E-state index in [0.29, 0.717) is 13.0 Å². The number of pyridine rings is 1. The molecule has 0 spiro atoms. The second-order valence-electron chi connectivity index (χ2n) is 6.00. The number of rotatable bonds is 3. The van der Waals surface area contributed by atoms with Gasteiger partial charge < -0.3 is 4.90 Å². The molecule has 0 atom stereocenters. The van der Waals surface area contributed by atoms with Crippen molar-refractivity contribution in [2.24, 2.45) is 0 Å². The van der Waals surface area contributed by atoms with E-state index >= 15 is 0 Å². The highest BCUT2D eigenvalue weighted by Gasteiger charge is 2.33. The summed E-state index contributed by atoms with van der Waals surface area (Å²) in [7, 11) is 3.91. The van der Waals surface area contributed by atoms with Crippen molar-refractivity contribution < 1.29 is 13.2 Å². The summed E-state index contributed by atoms with van der Waals surface area (Å²) in [5, 5.41) is 0. The Morgan fingerprint density at radius 2 is 1.96 bits per heavy atom. The topological polar surface area (TPSA) is 16.1 Å². The van der Waals surface area contributed by atoms with Crippen LogP contribution in [0.2, 0.25) is 0 Å². The fourth-order valence-electron chi connectivity index (χ4n) is 3.06. The Bertz CT molecular complexity index is 747. The number of alkyl halides is 3. The molecule has 23 heavy (non-hydrogen) atoms. The van der Waals surface area contributed by atoms with E-state index in [-0.39, 0.29) is 0 Å². The Labute approximate surface area is 133 Å². The summed E-state index contributed by atoms with van der Waals surface area (Å²) in [6.07, 6.45) is -0.314. The zero-order valence-corrected chi connectivity index (χ0v) is 13.0. The average molecular weight is 318 g/mol. The number of hydrogen-bond acceptors (Lipinski definition) is 2. The van der Waals surface area contributed by atoms with E-state index in [1.54, 1.807) is 18.5 Å². The zero-order chi connectivity index (χ0) is 16.6. The van der Waals surface area contributed by atoms with E-state index in [4.69, 9.17) is 0 Å². The molecule has 3 rings (SSSR count). The van der Waals surface area contributed by atoms with Crippen molar-refractivity contribution in [3.63, 3.8) is 0 Å². The molecule has 1 heterocycles. The lowest BCUT2D eigenvalue weighted by Gasteiger charge is -2.13. The third kappa shape index (κ3) is 3.15. The molecule has 5 heteroatoms. The van der Waals surface area contributed by atoms with Gasteiger partial charge >= 0.3 is 6.18 Å². The zero-order valence-electron chi connectivity index (χ0n) is 13.0. The Morgan fingerprint density at radius 3 is 2.57 bits per heavy atom. The first-order valence-electron chi connectivity index (χ1n) is 7.34. The molecule has 1 aromatic heterocycles. The van der Waals surface area contributed by atoms with Crippen LogP contribution in [0.25, 0.3) is 5.57 Å². The molecule has 0 saturated heterocycles. The molecule has 0 radical (unpaired) electrons. The SMILES string of the molecule is CN(C)CC1=C(c2cccnc2)c2ccc(C(F)(F)F)cc2C1. The quantitative estimate of drug-likeness (QED) is 0.850. The third-order valence-corrected chi connectivity index (χ3v) is 3.92. The highest BCUT2D eigenvalue weighted by atomic mass is 19.4. The maximum atomic E-state index is 13.0. The number of benzene rings is 1. The number of hydrogen-bond donors (Lipinski definition) is 0. The Morgan fingerprint density at radius 1 is 1.17 bits per heavy atom. The smallest absolute Gasteiger partial charge is 0.305 e. The lowest BCUT2D eigenvalue weighted by atomic mass is 9.97. The maximum Gasteiger partial charge on any atom is 0.416 e. The Kier molecular flexibility index (Phi) is 3.98. The second-order valence-corrected chi connectivity index (χ2v) is 6.00. The van der Waals surface area contributed by atoms with Crippen molar-refractivity contribution in [2.75, 3.05) is 20.6 Å². The van der Waals surface area contributed by atoms with Gasteiger partial charge in [0.2, 0.25) is 0 Å². The highest BCUT2D eigenvalue weighted by molar-refractivity contribution is 5.87. The van der Waals surface area contributed by atoms with Gasteiger partial charge in [-0.05, 0) is 61.0 Å². The van der Waals surface area contributed by atoms with Crippen LogP contribution in [-0.2, 0) is 12.6 Å². The minimum Gasteiger partial charge on any atom is -0.305 e. The lowest BCUT2D eigenvalue weighted by molar-refractivity contribution is -0.137. The number of fused-ring (bicyclic) bond motifs is 1. The summed E-state index contributed by atoms with van der Waals surface area (Å²) in [5.41, 5.74) is 4.10. The summed E-state index contributed by atoms with van der Waals surface area (Å²) in [6.45, 7) is 0.709. The first kappa shape index (κ1) is 15.7. The molecule has 0 saturated carbocycles. The van der Waals surface area contributed by atoms with E-state index in [1.807, 2.05) is 31.1 Å². The molecule has 1 aromatic carbocycles. The fraction of sp³-hybridized carbons (Fsp3) is 0.278. The molecule has 2 aromatic rings. The fourth-order valence-corrected chi connectivity index (χ4v) is 3.06. The van der Waals surface area contributed by atoms with Gasteiger partial charge in [0.15, 0.2) is 0 Å². The largest absolute Gasteiger partial charge is 0.416 e. The predicted molar refractivity (Wildman–Crippen MR) is 84.0 cm³/mol. The van der Waals surface area contributed by atoms with Crippen molar-refractivity contribution in [1.82, 2.24) is 9.88 Å². The van der Waals surface area contributed by atoms with Crippen molar-refractivity contribution in [3.8, 4) is 0 Å². The molecule has 0 bridgehead atoms. The molecular formula is C18H17F3N2. The lowest BCUT2D eigenvalue weighted by Crippen LogP contribution is -2.16. The normalized spacial score (nSPS) is 14.5. The molecule has 0 aliphatic heterocycles. The van der Waals surface area contributed by atoms with Gasteiger partial charge in [-0.15, -0.1) is 0 Å². The summed E-state index contributed by atoms with van der Waals surface area (Å²) >= 11 is 0. The van der Waals surface area contributed by atoms with Gasteiger partial charge in [-0.1, -0.05) is 12.1 Å². The highest BCUT2D eigenvalue weighted by Crippen LogP contribution is 2.40. The Balaban J connectivity index is 2.10. The van der Waals surface area contributed by atoms with Crippen LogP contribution >= 0.6 is 0 Å². The van der Waals surface area contributed by atoms with Crippen molar-refractivity contribution in [1.29, 1.82) is 0 Å². The van der Waals surface area contributed by atoms with Gasteiger partial charge in [0.25, 0.3) is 0 Å². The van der Waals surface area contributed by atoms with Crippen molar-refractivity contribution >= 4 is 5.57 Å². The summed E-state index contributed by atoms with van der Waals surface area (Å²) in [6, 6.07) is 7.81. The molecule has 0 amide bonds. The average Bonchev–Trinajstić information content (AvgIpc) is 2.83. The molecule has 0 N–H and O–H groups in total. The van der Waals surface area contributed by atoms with Crippen LogP contribution in [0.5, 0.6) is 0 Å². The molecule has 0 unspecified atom stereocenters. The minimum absolute atomic E-state index is 0.543. The summed E-state index contributed by atoms with van der Waals surface area (Å²) in [4.78, 5) is 6.17. The Hall–Kier alpha value is -2.14. The van der Waals surface area contributed by atoms with E-state index in [9.17, 15) is 13.2 Å². The van der Waals surface area contributed by atoms with Crippen LogP contribution in [0.3, 0.4) is 0 Å². The summed E-state index contributed by atoms with van der Waals surface area (Å²) in [5.74, 6) is 0. The van der Waals surface area contributed by atoms with Crippen LogP contribution in [0, 0.1) is 0 Å². The standard InChI is InChI=1S/C18H17F3N2/c1-23(2)11-14-8-13-9-15(18(19,20)21)5-6-16(13)17(14)12-4-3-7-22-10-12/h3-7,9-10H,8,11H2,1-2H3. The number of aromatic nitrogens is 1. The van der Waals surface area contributed by atoms with Crippen LogP contribution in [-0.4, -0.2) is 30.5 Å². The monoisotopic (exact) mass is 318 g/mol. The van der Waals surface area contributed by atoms with Gasteiger partial charge in [-0.25, -0.2) is 0 Å². The maximum absolute atomic E-state index is 13.0. The van der Waals surface area contributed by atoms with E-state index in [2.05, 4.69) is 4.98 Å². The number of nitrogens with zero attached hydrogens (tertiary/aromatic N) is 2. The molecule has 2 nitrogen and oxygen atoms in total. The third-order valence-electron chi connectivity index (χ3n) is 3.92. The minimum atomic E-state index is -4.31. The van der Waals surface area contributed by atoms with E-state index in [1.165, 1.54) is 6.07 Å².